The van der Waals surface area contributed by atoms with E-state index in [1.54, 1.807) is 7.11 Å². The number of hydrogen-bond donors (Lipinski definition) is 1. The van der Waals surface area contributed by atoms with Crippen molar-refractivity contribution in [3.63, 3.8) is 0 Å². The van der Waals surface area contributed by atoms with Gasteiger partial charge in [0.05, 0.1) is 12.1 Å². The van der Waals surface area contributed by atoms with Crippen molar-refractivity contribution in [3.05, 3.63) is 35.6 Å². The fourth-order valence-electron chi connectivity index (χ4n) is 2.47. The molecule has 0 aliphatic heterocycles. The maximum atomic E-state index is 6.00. The third-order valence-electron chi connectivity index (χ3n) is 3.75. The molecule has 2 unspecified atom stereocenters. The van der Waals surface area contributed by atoms with E-state index < -0.39 is 0 Å². The smallest absolute Gasteiger partial charge is 0.134 e. The molecule has 2 rings (SSSR count). The molecule has 0 aliphatic rings. The predicted molar refractivity (Wildman–Crippen MR) is 83.1 cm³/mol. The summed E-state index contributed by atoms with van der Waals surface area (Å²) in [5, 5.41) is 4.69. The molecule has 2 atom stereocenters. The van der Waals surface area contributed by atoms with Gasteiger partial charge in [-0.3, -0.25) is 0 Å². The van der Waals surface area contributed by atoms with Crippen LogP contribution in [0.3, 0.4) is 0 Å². The number of aryl methyl sites for hydroxylation is 1. The second-order valence-corrected chi connectivity index (χ2v) is 5.42. The number of ether oxygens (including phenoxy) is 1. The van der Waals surface area contributed by atoms with Crippen LogP contribution in [0.1, 0.15) is 44.1 Å². The lowest BCUT2D eigenvalue weighted by atomic mass is 10.1. The fraction of sp³-hybridized carbons (Fsp3) is 0.529. The molecule has 3 nitrogen and oxygen atoms in total. The van der Waals surface area contributed by atoms with E-state index in [1.165, 1.54) is 10.9 Å². The SMILES string of the molecule is CCNC(CCC(C)OC)c1cc2cc(C)ccc2o1. The minimum absolute atomic E-state index is 0.255. The highest BCUT2D eigenvalue weighted by Gasteiger charge is 2.16. The van der Waals surface area contributed by atoms with Gasteiger partial charge in [-0.2, -0.15) is 0 Å². The lowest BCUT2D eigenvalue weighted by Crippen LogP contribution is -2.22. The average Bonchev–Trinajstić information content (AvgIpc) is 2.85. The first kappa shape index (κ1) is 15.1. The van der Waals surface area contributed by atoms with E-state index in [1.807, 2.05) is 0 Å². The van der Waals surface area contributed by atoms with Gasteiger partial charge in [-0.05, 0) is 51.4 Å². The van der Waals surface area contributed by atoms with Crippen molar-refractivity contribution >= 4 is 11.0 Å². The van der Waals surface area contributed by atoms with E-state index in [-0.39, 0.29) is 12.1 Å². The first-order valence-corrected chi connectivity index (χ1v) is 7.40. The lowest BCUT2D eigenvalue weighted by Gasteiger charge is -2.17. The lowest BCUT2D eigenvalue weighted by molar-refractivity contribution is 0.105. The van der Waals surface area contributed by atoms with Crippen LogP contribution in [-0.2, 0) is 4.74 Å². The molecule has 20 heavy (non-hydrogen) atoms. The van der Waals surface area contributed by atoms with E-state index in [0.717, 1.165) is 30.7 Å². The van der Waals surface area contributed by atoms with Crippen LogP contribution in [0.4, 0.5) is 0 Å². The van der Waals surface area contributed by atoms with Crippen molar-refractivity contribution in [2.75, 3.05) is 13.7 Å². The molecule has 0 saturated heterocycles. The molecule has 0 bridgehead atoms. The van der Waals surface area contributed by atoms with Gasteiger partial charge in [0.2, 0.25) is 0 Å². The molecule has 1 aromatic carbocycles. The second-order valence-electron chi connectivity index (χ2n) is 5.42. The fourth-order valence-corrected chi connectivity index (χ4v) is 2.47. The molecule has 3 heteroatoms. The summed E-state index contributed by atoms with van der Waals surface area (Å²) in [6.45, 7) is 7.26. The van der Waals surface area contributed by atoms with Crippen molar-refractivity contribution < 1.29 is 9.15 Å². The van der Waals surface area contributed by atoms with E-state index in [0.29, 0.717) is 0 Å². The van der Waals surface area contributed by atoms with E-state index in [2.05, 4.69) is 50.4 Å². The Morgan fingerprint density at radius 1 is 1.25 bits per heavy atom. The summed E-state index contributed by atoms with van der Waals surface area (Å²) in [6.07, 6.45) is 2.31. The topological polar surface area (TPSA) is 34.4 Å². The zero-order valence-electron chi connectivity index (χ0n) is 12.9. The number of furan rings is 1. The van der Waals surface area contributed by atoms with Crippen LogP contribution in [0.25, 0.3) is 11.0 Å². The summed E-state index contributed by atoms with van der Waals surface area (Å²) in [7, 11) is 1.76. The van der Waals surface area contributed by atoms with Gasteiger partial charge in [-0.15, -0.1) is 0 Å². The molecular formula is C17H25NO2. The minimum Gasteiger partial charge on any atom is -0.459 e. The third kappa shape index (κ3) is 3.62. The van der Waals surface area contributed by atoms with Crippen molar-refractivity contribution in [3.8, 4) is 0 Å². The highest BCUT2D eigenvalue weighted by Crippen LogP contribution is 2.27. The molecule has 1 aromatic heterocycles. The Morgan fingerprint density at radius 3 is 2.75 bits per heavy atom. The number of fused-ring (bicyclic) bond motifs is 1. The maximum Gasteiger partial charge on any atom is 0.134 e. The quantitative estimate of drug-likeness (QED) is 0.822. The van der Waals surface area contributed by atoms with Gasteiger partial charge in [0.1, 0.15) is 11.3 Å². The summed E-state index contributed by atoms with van der Waals surface area (Å²) < 4.78 is 11.3. The van der Waals surface area contributed by atoms with E-state index in [4.69, 9.17) is 9.15 Å². The normalized spacial score (nSPS) is 14.6. The van der Waals surface area contributed by atoms with Crippen LogP contribution in [0.2, 0.25) is 0 Å². The third-order valence-corrected chi connectivity index (χ3v) is 3.75. The number of benzene rings is 1. The van der Waals surface area contributed by atoms with Crippen molar-refractivity contribution in [2.45, 2.75) is 45.8 Å². The van der Waals surface area contributed by atoms with Gasteiger partial charge in [0.25, 0.3) is 0 Å². The van der Waals surface area contributed by atoms with Crippen molar-refractivity contribution in [1.29, 1.82) is 0 Å². The number of nitrogens with one attached hydrogen (secondary N) is 1. The number of methoxy groups -OCH3 is 1. The summed E-state index contributed by atoms with van der Waals surface area (Å²) >= 11 is 0. The van der Waals surface area contributed by atoms with Gasteiger partial charge in [-0.25, -0.2) is 0 Å². The second kappa shape index (κ2) is 6.91. The molecule has 0 fully saturated rings. The predicted octanol–water partition coefficient (Wildman–Crippen LogP) is 4.21. The molecule has 0 amide bonds. The molecule has 0 spiro atoms. The molecule has 1 N–H and O–H groups in total. The zero-order chi connectivity index (χ0) is 14.5. The van der Waals surface area contributed by atoms with Crippen LogP contribution in [-0.4, -0.2) is 19.8 Å². The largest absolute Gasteiger partial charge is 0.459 e. The molecule has 0 radical (unpaired) electrons. The number of hydrogen-bond acceptors (Lipinski definition) is 3. The van der Waals surface area contributed by atoms with E-state index >= 15 is 0 Å². The van der Waals surface area contributed by atoms with Gasteiger partial charge in [0, 0.05) is 12.5 Å². The summed E-state index contributed by atoms with van der Waals surface area (Å²) in [5.74, 6) is 1.02. The first-order valence-electron chi connectivity index (χ1n) is 7.40. The van der Waals surface area contributed by atoms with Crippen LogP contribution in [0.5, 0.6) is 0 Å². The summed E-state index contributed by atoms with van der Waals surface area (Å²) in [6, 6.07) is 8.72. The summed E-state index contributed by atoms with van der Waals surface area (Å²) in [4.78, 5) is 0. The molecule has 0 aliphatic carbocycles. The highest BCUT2D eigenvalue weighted by atomic mass is 16.5. The molecule has 110 valence electrons. The Labute approximate surface area is 121 Å². The average molecular weight is 275 g/mol. The van der Waals surface area contributed by atoms with Crippen molar-refractivity contribution in [1.82, 2.24) is 5.32 Å². The van der Waals surface area contributed by atoms with Gasteiger partial charge < -0.3 is 14.5 Å². The molecule has 2 aromatic rings. The first-order chi connectivity index (χ1) is 9.63. The van der Waals surface area contributed by atoms with Crippen molar-refractivity contribution in [2.24, 2.45) is 0 Å². The van der Waals surface area contributed by atoms with Crippen LogP contribution in [0, 0.1) is 6.92 Å². The Hall–Kier alpha value is -1.32. The molecule has 1 heterocycles. The Balaban J connectivity index is 2.17. The maximum absolute atomic E-state index is 6.00. The standard InChI is InChI=1S/C17H25NO2/c1-5-18-15(8-7-13(3)19-4)17-11-14-10-12(2)6-9-16(14)20-17/h6,9-11,13,15,18H,5,7-8H2,1-4H3. The van der Waals surface area contributed by atoms with Crippen LogP contribution in [0.15, 0.2) is 28.7 Å². The Morgan fingerprint density at radius 2 is 2.05 bits per heavy atom. The Bertz CT molecular complexity index is 547. The van der Waals surface area contributed by atoms with Gasteiger partial charge >= 0.3 is 0 Å². The summed E-state index contributed by atoms with van der Waals surface area (Å²) in [5.41, 5.74) is 2.23. The van der Waals surface area contributed by atoms with Crippen LogP contribution < -0.4 is 5.32 Å². The molecule has 0 saturated carbocycles. The van der Waals surface area contributed by atoms with Gasteiger partial charge in [-0.1, -0.05) is 18.6 Å². The molecular weight excluding hydrogens is 250 g/mol. The van der Waals surface area contributed by atoms with Crippen LogP contribution >= 0.6 is 0 Å². The highest BCUT2D eigenvalue weighted by molar-refractivity contribution is 5.78. The monoisotopic (exact) mass is 275 g/mol. The van der Waals surface area contributed by atoms with Gasteiger partial charge in [0.15, 0.2) is 0 Å². The van der Waals surface area contributed by atoms with E-state index in [9.17, 15) is 0 Å². The Kier molecular flexibility index (Phi) is 5.21. The zero-order valence-corrected chi connectivity index (χ0v) is 12.9. The minimum atomic E-state index is 0.255. The number of rotatable bonds is 7.